The Morgan fingerprint density at radius 2 is 1.45 bits per heavy atom. The van der Waals surface area contributed by atoms with E-state index in [1.807, 2.05) is 0 Å². The lowest BCUT2D eigenvalue weighted by atomic mass is 9.33. The zero-order valence-corrected chi connectivity index (χ0v) is 18.6. The molecule has 0 bridgehead atoms. The highest BCUT2D eigenvalue weighted by molar-refractivity contribution is 6.95. The third-order valence-electron chi connectivity index (χ3n) is 6.56. The van der Waals surface area contributed by atoms with E-state index >= 15 is 0 Å². The zero-order valence-electron chi connectivity index (χ0n) is 18.6. The molecule has 2 heterocycles. The molecule has 31 heavy (non-hydrogen) atoms. The SMILES string of the molecule is C/C=C\C(=C/C)N1C(C)=C(C)B2c3ccccc3N(c3ccccc3)c3cccc1c32. The molecule has 0 unspecified atom stereocenters. The predicted octanol–water partition coefficient (Wildman–Crippen LogP) is 6.21. The van der Waals surface area contributed by atoms with E-state index in [-0.39, 0.29) is 6.71 Å². The number of hydrogen-bond donors (Lipinski definition) is 0. The first-order chi connectivity index (χ1) is 15.2. The van der Waals surface area contributed by atoms with E-state index in [4.69, 9.17) is 0 Å². The quantitative estimate of drug-likeness (QED) is 0.380. The molecule has 2 aliphatic rings. The van der Waals surface area contributed by atoms with E-state index < -0.39 is 0 Å². The van der Waals surface area contributed by atoms with E-state index in [1.54, 1.807) is 0 Å². The van der Waals surface area contributed by atoms with Crippen molar-refractivity contribution < 1.29 is 0 Å². The molecule has 2 nitrogen and oxygen atoms in total. The number of para-hydroxylation sites is 2. The van der Waals surface area contributed by atoms with Crippen LogP contribution in [0.25, 0.3) is 0 Å². The molecule has 152 valence electrons. The van der Waals surface area contributed by atoms with Gasteiger partial charge in [0.25, 0.3) is 0 Å². The molecule has 0 aromatic heterocycles. The van der Waals surface area contributed by atoms with Gasteiger partial charge in [-0.1, -0.05) is 60.1 Å². The molecule has 0 fully saturated rings. The van der Waals surface area contributed by atoms with Gasteiger partial charge in [0.15, 0.2) is 0 Å². The highest BCUT2D eigenvalue weighted by Crippen LogP contribution is 2.42. The van der Waals surface area contributed by atoms with Crippen LogP contribution in [0, 0.1) is 0 Å². The van der Waals surface area contributed by atoms with Crippen LogP contribution in [0.15, 0.2) is 108 Å². The average molecular weight is 402 g/mol. The number of rotatable bonds is 3. The van der Waals surface area contributed by atoms with E-state index in [9.17, 15) is 0 Å². The number of allylic oxidation sites excluding steroid dienone is 5. The van der Waals surface area contributed by atoms with Crippen LogP contribution in [0.2, 0.25) is 0 Å². The number of benzene rings is 3. The van der Waals surface area contributed by atoms with Crippen molar-refractivity contribution in [2.24, 2.45) is 0 Å². The lowest BCUT2D eigenvalue weighted by Crippen LogP contribution is -2.55. The van der Waals surface area contributed by atoms with Crippen molar-refractivity contribution in [2.45, 2.75) is 27.7 Å². The first-order valence-electron chi connectivity index (χ1n) is 11.0. The molecule has 0 atom stereocenters. The molecule has 0 spiro atoms. The monoisotopic (exact) mass is 402 g/mol. The lowest BCUT2D eigenvalue weighted by Gasteiger charge is -2.44. The second-order valence-corrected chi connectivity index (χ2v) is 8.19. The topological polar surface area (TPSA) is 6.48 Å². The van der Waals surface area contributed by atoms with Crippen molar-refractivity contribution in [3.05, 3.63) is 108 Å². The molecule has 0 aliphatic carbocycles. The molecule has 0 saturated heterocycles. The molecular formula is C28H27BN2. The Hall–Kier alpha value is -3.46. The Balaban J connectivity index is 1.84. The van der Waals surface area contributed by atoms with Crippen LogP contribution in [0.3, 0.4) is 0 Å². The van der Waals surface area contributed by atoms with Crippen LogP contribution in [-0.4, -0.2) is 6.71 Å². The maximum Gasteiger partial charge on any atom is 0.246 e. The summed E-state index contributed by atoms with van der Waals surface area (Å²) in [6.45, 7) is 9.01. The average Bonchev–Trinajstić information content (AvgIpc) is 2.81. The van der Waals surface area contributed by atoms with Crippen molar-refractivity contribution in [1.82, 2.24) is 0 Å². The Morgan fingerprint density at radius 1 is 0.774 bits per heavy atom. The van der Waals surface area contributed by atoms with Crippen LogP contribution in [0.1, 0.15) is 27.7 Å². The molecule has 5 rings (SSSR count). The van der Waals surface area contributed by atoms with Crippen LogP contribution in [0.5, 0.6) is 0 Å². The molecule has 2 aliphatic heterocycles. The minimum atomic E-state index is 0.266. The second kappa shape index (κ2) is 7.66. The number of hydrogen-bond acceptors (Lipinski definition) is 2. The van der Waals surface area contributed by atoms with E-state index in [1.165, 1.54) is 50.5 Å². The summed E-state index contributed by atoms with van der Waals surface area (Å²) in [5.74, 6) is 0. The van der Waals surface area contributed by atoms with Crippen molar-refractivity contribution >= 4 is 40.4 Å². The van der Waals surface area contributed by atoms with Crippen LogP contribution in [-0.2, 0) is 0 Å². The third kappa shape index (κ3) is 2.88. The minimum Gasteiger partial charge on any atom is -0.316 e. The highest BCUT2D eigenvalue weighted by Gasteiger charge is 2.41. The molecule has 0 radical (unpaired) electrons. The summed E-state index contributed by atoms with van der Waals surface area (Å²) in [7, 11) is 0. The third-order valence-corrected chi connectivity index (χ3v) is 6.56. The molecule has 0 amide bonds. The Morgan fingerprint density at radius 3 is 2.19 bits per heavy atom. The van der Waals surface area contributed by atoms with Crippen molar-refractivity contribution in [2.75, 3.05) is 9.80 Å². The zero-order chi connectivity index (χ0) is 21.5. The fourth-order valence-corrected chi connectivity index (χ4v) is 5.12. The molecule has 0 N–H and O–H groups in total. The minimum absolute atomic E-state index is 0.266. The van der Waals surface area contributed by atoms with Gasteiger partial charge in [0.05, 0.1) is 0 Å². The molecule has 3 aromatic carbocycles. The molecule has 3 aromatic rings. The fourth-order valence-electron chi connectivity index (χ4n) is 5.12. The smallest absolute Gasteiger partial charge is 0.246 e. The summed E-state index contributed by atoms with van der Waals surface area (Å²) in [5, 5.41) is 0. The summed E-state index contributed by atoms with van der Waals surface area (Å²) in [6.07, 6.45) is 6.51. The van der Waals surface area contributed by atoms with Crippen molar-refractivity contribution in [3.8, 4) is 0 Å². The van der Waals surface area contributed by atoms with Gasteiger partial charge in [0.2, 0.25) is 6.71 Å². The second-order valence-electron chi connectivity index (χ2n) is 8.19. The standard InChI is InChI=1S/C28H27BN2/c1-5-13-22(6-2)30-21(4)20(3)29-24-16-10-11-17-25(24)31(23-14-8-7-9-15-23)27-19-12-18-26(30)28(27)29/h5-19H,1-4H3/b13-5-,22-6+. The summed E-state index contributed by atoms with van der Waals surface area (Å²) >= 11 is 0. The van der Waals surface area contributed by atoms with E-state index in [0.717, 1.165) is 0 Å². The van der Waals surface area contributed by atoms with Gasteiger partial charge in [0.1, 0.15) is 0 Å². The number of nitrogens with zero attached hydrogens (tertiary/aromatic N) is 2. The van der Waals surface area contributed by atoms with E-state index in [2.05, 4.69) is 129 Å². The predicted molar refractivity (Wildman–Crippen MR) is 136 cm³/mol. The van der Waals surface area contributed by atoms with Crippen molar-refractivity contribution in [3.63, 3.8) is 0 Å². The summed E-state index contributed by atoms with van der Waals surface area (Å²) < 4.78 is 0. The maximum atomic E-state index is 2.42. The molecular weight excluding hydrogens is 375 g/mol. The number of anilines is 4. The van der Waals surface area contributed by atoms with E-state index in [0.29, 0.717) is 0 Å². The first kappa shape index (κ1) is 19.5. The van der Waals surface area contributed by atoms with Crippen LogP contribution >= 0.6 is 0 Å². The van der Waals surface area contributed by atoms with Crippen LogP contribution in [0.4, 0.5) is 22.7 Å². The van der Waals surface area contributed by atoms with Gasteiger partial charge in [-0.05, 0) is 75.0 Å². The van der Waals surface area contributed by atoms with Crippen LogP contribution < -0.4 is 20.7 Å². The van der Waals surface area contributed by atoms with Crippen molar-refractivity contribution in [1.29, 1.82) is 0 Å². The summed E-state index contributed by atoms with van der Waals surface area (Å²) in [4.78, 5) is 4.84. The van der Waals surface area contributed by atoms with Gasteiger partial charge in [-0.3, -0.25) is 0 Å². The fraction of sp³-hybridized carbons (Fsp3) is 0.143. The maximum absolute atomic E-state index is 2.42. The van der Waals surface area contributed by atoms with Gasteiger partial charge in [-0.2, -0.15) is 0 Å². The normalized spacial score (nSPS) is 15.5. The Kier molecular flexibility index (Phi) is 4.82. The van der Waals surface area contributed by atoms with Gasteiger partial charge in [0, 0.05) is 34.1 Å². The highest BCUT2D eigenvalue weighted by atomic mass is 15.2. The summed E-state index contributed by atoms with van der Waals surface area (Å²) in [6, 6.07) is 26.3. The Bertz CT molecular complexity index is 1240. The first-order valence-corrected chi connectivity index (χ1v) is 11.0. The largest absolute Gasteiger partial charge is 0.316 e. The van der Waals surface area contributed by atoms with Gasteiger partial charge < -0.3 is 9.80 Å². The molecule has 0 saturated carbocycles. The van der Waals surface area contributed by atoms with Gasteiger partial charge in [-0.25, -0.2) is 0 Å². The van der Waals surface area contributed by atoms with Gasteiger partial charge in [-0.15, -0.1) is 0 Å². The number of fused-ring (bicyclic) bond motifs is 2. The summed E-state index contributed by atoms with van der Waals surface area (Å²) in [5.41, 5.74) is 11.7. The Labute approximate surface area is 185 Å². The molecule has 3 heteroatoms. The van der Waals surface area contributed by atoms with Gasteiger partial charge >= 0.3 is 0 Å². The lowest BCUT2D eigenvalue weighted by molar-refractivity contribution is 1.07.